The number of methoxy groups -OCH3 is 1. The summed E-state index contributed by atoms with van der Waals surface area (Å²) in [5.74, 6) is 0.492. The highest BCUT2D eigenvalue weighted by atomic mass is 32.2. The Morgan fingerprint density at radius 2 is 1.76 bits per heavy atom. The molecule has 0 aromatic heterocycles. The lowest BCUT2D eigenvalue weighted by Gasteiger charge is -2.22. The first-order valence-electron chi connectivity index (χ1n) is 9.31. The van der Waals surface area contributed by atoms with Crippen LogP contribution in [0.3, 0.4) is 0 Å². The summed E-state index contributed by atoms with van der Waals surface area (Å²) in [4.78, 5) is 12.8. The highest BCUT2D eigenvalue weighted by molar-refractivity contribution is 7.89. The van der Waals surface area contributed by atoms with Gasteiger partial charge in [-0.25, -0.2) is 12.7 Å². The molecular weight excluding hydrogens is 390 g/mol. The zero-order chi connectivity index (χ0) is 21.8. The Labute approximate surface area is 173 Å². The molecule has 7 nitrogen and oxygen atoms in total. The fourth-order valence-corrected chi connectivity index (χ4v) is 3.84. The summed E-state index contributed by atoms with van der Waals surface area (Å²) in [6.07, 6.45) is 0. The van der Waals surface area contributed by atoms with Gasteiger partial charge in [-0.15, -0.1) is 0 Å². The maximum atomic E-state index is 12.7. The second-order valence-electron chi connectivity index (χ2n) is 7.11. The highest BCUT2D eigenvalue weighted by Crippen LogP contribution is 2.25. The molecule has 0 aliphatic heterocycles. The number of rotatable bonds is 8. The van der Waals surface area contributed by atoms with Crippen LogP contribution in [0.2, 0.25) is 0 Å². The van der Waals surface area contributed by atoms with Crippen molar-refractivity contribution in [1.29, 1.82) is 0 Å². The Kier molecular flexibility index (Phi) is 7.40. The highest BCUT2D eigenvalue weighted by Gasteiger charge is 2.21. The molecule has 2 aromatic carbocycles. The van der Waals surface area contributed by atoms with Crippen LogP contribution in [0, 0.1) is 6.92 Å². The van der Waals surface area contributed by atoms with E-state index in [0.717, 1.165) is 21.2 Å². The maximum Gasteiger partial charge on any atom is 0.242 e. The van der Waals surface area contributed by atoms with Gasteiger partial charge in [0.1, 0.15) is 5.75 Å². The molecule has 0 saturated heterocycles. The number of hydrogen-bond donors (Lipinski definition) is 2. The summed E-state index contributed by atoms with van der Waals surface area (Å²) < 4.78 is 31.3. The van der Waals surface area contributed by atoms with Crippen LogP contribution in [-0.4, -0.2) is 45.9 Å². The number of nitrogens with one attached hydrogen (secondary N) is 2. The van der Waals surface area contributed by atoms with Gasteiger partial charge in [0.05, 0.1) is 18.0 Å². The molecule has 2 atom stereocenters. The first-order chi connectivity index (χ1) is 13.6. The number of benzene rings is 2. The smallest absolute Gasteiger partial charge is 0.242 e. The second-order valence-corrected chi connectivity index (χ2v) is 9.26. The van der Waals surface area contributed by atoms with Gasteiger partial charge in [0, 0.05) is 31.4 Å². The van der Waals surface area contributed by atoms with E-state index in [2.05, 4.69) is 10.6 Å². The monoisotopic (exact) mass is 419 g/mol. The molecule has 0 heterocycles. The molecule has 0 aliphatic carbocycles. The van der Waals surface area contributed by atoms with Crippen molar-refractivity contribution in [3.63, 3.8) is 0 Å². The van der Waals surface area contributed by atoms with E-state index in [0.29, 0.717) is 5.69 Å². The van der Waals surface area contributed by atoms with E-state index in [1.54, 1.807) is 20.1 Å². The molecule has 0 aliphatic rings. The Hall–Kier alpha value is -2.42. The number of nitrogens with zero attached hydrogens (tertiary/aromatic N) is 1. The number of ether oxygens (including phenoxy) is 1. The molecule has 2 aromatic rings. The van der Waals surface area contributed by atoms with Crippen molar-refractivity contribution in [2.24, 2.45) is 0 Å². The number of anilines is 1. The van der Waals surface area contributed by atoms with Gasteiger partial charge in [-0.1, -0.05) is 24.3 Å². The quantitative estimate of drug-likeness (QED) is 0.687. The molecule has 0 spiro atoms. The molecule has 0 fully saturated rings. The summed E-state index contributed by atoms with van der Waals surface area (Å²) >= 11 is 0. The Morgan fingerprint density at radius 1 is 1.10 bits per heavy atom. The number of carbonyl (C=O) groups excluding carboxylic acids is 1. The summed E-state index contributed by atoms with van der Waals surface area (Å²) in [5.41, 5.74) is 2.20. The number of aryl methyl sites for hydroxylation is 1. The van der Waals surface area contributed by atoms with Crippen molar-refractivity contribution in [3.8, 4) is 5.75 Å². The predicted octanol–water partition coefficient (Wildman–Crippen LogP) is 2.93. The van der Waals surface area contributed by atoms with Crippen molar-refractivity contribution < 1.29 is 17.9 Å². The summed E-state index contributed by atoms with van der Waals surface area (Å²) in [6, 6.07) is 11.7. The molecule has 1 amide bonds. The lowest BCUT2D eigenvalue weighted by molar-refractivity contribution is -0.117. The number of amides is 1. The van der Waals surface area contributed by atoms with Gasteiger partial charge in [-0.05, 0) is 44.5 Å². The topological polar surface area (TPSA) is 87.7 Å². The summed E-state index contributed by atoms with van der Waals surface area (Å²) in [7, 11) is 0.970. The molecule has 29 heavy (non-hydrogen) atoms. The molecule has 0 bridgehead atoms. The number of carbonyl (C=O) groups is 1. The van der Waals surface area contributed by atoms with Crippen LogP contribution in [-0.2, 0) is 14.8 Å². The van der Waals surface area contributed by atoms with Crippen LogP contribution in [0.1, 0.15) is 31.0 Å². The van der Waals surface area contributed by atoms with Crippen LogP contribution < -0.4 is 15.4 Å². The van der Waals surface area contributed by atoms with E-state index in [9.17, 15) is 13.2 Å². The molecule has 0 radical (unpaired) electrons. The van der Waals surface area contributed by atoms with Gasteiger partial charge in [0.2, 0.25) is 15.9 Å². The van der Waals surface area contributed by atoms with Crippen molar-refractivity contribution in [3.05, 3.63) is 53.6 Å². The van der Waals surface area contributed by atoms with E-state index in [1.165, 1.54) is 26.2 Å². The molecule has 2 rings (SSSR count). The van der Waals surface area contributed by atoms with Gasteiger partial charge < -0.3 is 10.1 Å². The number of sulfonamides is 1. The largest absolute Gasteiger partial charge is 0.496 e. The molecule has 158 valence electrons. The van der Waals surface area contributed by atoms with Crippen LogP contribution in [0.4, 0.5) is 5.69 Å². The van der Waals surface area contributed by atoms with Crippen molar-refractivity contribution in [2.75, 3.05) is 26.5 Å². The van der Waals surface area contributed by atoms with E-state index in [-0.39, 0.29) is 16.8 Å². The van der Waals surface area contributed by atoms with E-state index >= 15 is 0 Å². The first kappa shape index (κ1) is 22.9. The average Bonchev–Trinajstić information content (AvgIpc) is 2.69. The zero-order valence-corrected chi connectivity index (χ0v) is 18.5. The minimum absolute atomic E-state index is 0.117. The van der Waals surface area contributed by atoms with Gasteiger partial charge in [-0.3, -0.25) is 10.1 Å². The summed E-state index contributed by atoms with van der Waals surface area (Å²) in [5, 5.41) is 6.09. The lowest BCUT2D eigenvalue weighted by atomic mass is 10.1. The minimum atomic E-state index is -3.58. The van der Waals surface area contributed by atoms with Gasteiger partial charge in [0.25, 0.3) is 0 Å². The SMILES string of the molecule is COc1ccccc1[C@H](C)N[C@H](C)C(=O)Nc1cc(S(=O)(=O)N(C)C)ccc1C. The van der Waals surface area contributed by atoms with E-state index in [4.69, 9.17) is 4.74 Å². The number of hydrogen-bond acceptors (Lipinski definition) is 5. The van der Waals surface area contributed by atoms with E-state index in [1.807, 2.05) is 38.1 Å². The third-order valence-corrected chi connectivity index (χ3v) is 6.56. The predicted molar refractivity (Wildman–Crippen MR) is 115 cm³/mol. The van der Waals surface area contributed by atoms with Crippen LogP contribution in [0.25, 0.3) is 0 Å². The third kappa shape index (κ3) is 5.35. The fourth-order valence-electron chi connectivity index (χ4n) is 2.91. The van der Waals surface area contributed by atoms with Crippen molar-refractivity contribution >= 4 is 21.6 Å². The fraction of sp³-hybridized carbons (Fsp3) is 0.381. The average molecular weight is 420 g/mol. The van der Waals surface area contributed by atoms with Gasteiger partial charge in [-0.2, -0.15) is 0 Å². The Morgan fingerprint density at radius 3 is 2.38 bits per heavy atom. The molecule has 2 N–H and O–H groups in total. The van der Waals surface area contributed by atoms with Crippen LogP contribution >= 0.6 is 0 Å². The normalized spacial score (nSPS) is 13.8. The minimum Gasteiger partial charge on any atom is -0.496 e. The van der Waals surface area contributed by atoms with Crippen LogP contribution in [0.15, 0.2) is 47.4 Å². The molecular formula is C21H29N3O4S. The lowest BCUT2D eigenvalue weighted by Crippen LogP contribution is -2.39. The Balaban J connectivity index is 2.15. The molecule has 0 saturated carbocycles. The van der Waals surface area contributed by atoms with Crippen molar-refractivity contribution in [1.82, 2.24) is 9.62 Å². The van der Waals surface area contributed by atoms with Crippen molar-refractivity contribution in [2.45, 2.75) is 37.8 Å². The first-order valence-corrected chi connectivity index (χ1v) is 10.7. The second kappa shape index (κ2) is 9.39. The number of para-hydroxylation sites is 1. The Bertz CT molecular complexity index is 974. The maximum absolute atomic E-state index is 12.7. The van der Waals surface area contributed by atoms with E-state index < -0.39 is 16.1 Å². The molecule has 8 heteroatoms. The van der Waals surface area contributed by atoms with Gasteiger partial charge in [0.15, 0.2) is 0 Å². The summed E-state index contributed by atoms with van der Waals surface area (Å²) in [6.45, 7) is 5.53. The molecule has 0 unspecified atom stereocenters. The van der Waals surface area contributed by atoms with Crippen LogP contribution in [0.5, 0.6) is 5.75 Å². The standard InChI is InChI=1S/C21H29N3O4S/c1-14-11-12-17(29(26,27)24(4)5)13-19(14)23-21(25)16(3)22-15(2)18-9-7-8-10-20(18)28-6/h7-13,15-16,22H,1-6H3,(H,23,25)/t15-,16+/m0/s1. The third-order valence-electron chi connectivity index (χ3n) is 4.74. The zero-order valence-electron chi connectivity index (χ0n) is 17.7. The van der Waals surface area contributed by atoms with Gasteiger partial charge >= 0.3 is 0 Å².